The van der Waals surface area contributed by atoms with Crippen molar-refractivity contribution in [3.63, 3.8) is 0 Å². The molecule has 2 fully saturated rings. The Kier molecular flexibility index (Phi) is 4.35. The standard InChI is InChI=1S/C15H29NO2/c1-10(2)12(9-17-5)16-13-11-7-6-8-18-14(11)15(13,3)4/h10-14,16H,6-9H2,1-5H3. The lowest BCUT2D eigenvalue weighted by Crippen LogP contribution is -2.71. The molecule has 4 atom stereocenters. The Morgan fingerprint density at radius 3 is 2.72 bits per heavy atom. The number of rotatable bonds is 5. The molecular formula is C15H29NO2. The van der Waals surface area contributed by atoms with Crippen molar-refractivity contribution < 1.29 is 9.47 Å². The predicted octanol–water partition coefficient (Wildman–Crippen LogP) is 2.45. The Bertz CT molecular complexity index is 278. The highest BCUT2D eigenvalue weighted by molar-refractivity contribution is 5.11. The van der Waals surface area contributed by atoms with Crippen LogP contribution in [0.25, 0.3) is 0 Å². The van der Waals surface area contributed by atoms with E-state index in [2.05, 4.69) is 33.0 Å². The highest BCUT2D eigenvalue weighted by Crippen LogP contribution is 2.51. The lowest BCUT2D eigenvalue weighted by atomic mass is 9.55. The van der Waals surface area contributed by atoms with E-state index in [0.717, 1.165) is 13.2 Å². The first kappa shape index (κ1) is 14.3. The van der Waals surface area contributed by atoms with Crippen LogP contribution in [0.1, 0.15) is 40.5 Å². The average Bonchev–Trinajstić information content (AvgIpc) is 2.34. The zero-order valence-corrected chi connectivity index (χ0v) is 12.5. The lowest BCUT2D eigenvalue weighted by Gasteiger charge is -2.61. The minimum atomic E-state index is 0.256. The zero-order chi connectivity index (χ0) is 13.3. The summed E-state index contributed by atoms with van der Waals surface area (Å²) in [6.07, 6.45) is 2.98. The highest BCUT2D eigenvalue weighted by atomic mass is 16.5. The zero-order valence-electron chi connectivity index (χ0n) is 12.5. The Labute approximate surface area is 112 Å². The van der Waals surface area contributed by atoms with Crippen LogP contribution in [0.15, 0.2) is 0 Å². The van der Waals surface area contributed by atoms with Crippen LogP contribution in [-0.4, -0.2) is 38.5 Å². The van der Waals surface area contributed by atoms with Crippen molar-refractivity contribution in [1.29, 1.82) is 0 Å². The van der Waals surface area contributed by atoms with Crippen LogP contribution in [0.5, 0.6) is 0 Å². The van der Waals surface area contributed by atoms with Gasteiger partial charge in [0.2, 0.25) is 0 Å². The van der Waals surface area contributed by atoms with Gasteiger partial charge in [0.15, 0.2) is 0 Å². The van der Waals surface area contributed by atoms with Crippen molar-refractivity contribution in [2.45, 2.75) is 58.7 Å². The molecule has 0 bridgehead atoms. The fourth-order valence-electron chi connectivity index (χ4n) is 3.70. The van der Waals surface area contributed by atoms with Gasteiger partial charge in [-0.1, -0.05) is 27.7 Å². The molecule has 2 rings (SSSR count). The molecule has 18 heavy (non-hydrogen) atoms. The van der Waals surface area contributed by atoms with Crippen molar-refractivity contribution >= 4 is 0 Å². The fourth-order valence-corrected chi connectivity index (χ4v) is 3.70. The van der Waals surface area contributed by atoms with Crippen LogP contribution in [-0.2, 0) is 9.47 Å². The van der Waals surface area contributed by atoms with Gasteiger partial charge in [-0.3, -0.25) is 0 Å². The minimum absolute atomic E-state index is 0.256. The summed E-state index contributed by atoms with van der Waals surface area (Å²) in [7, 11) is 1.79. The third-order valence-electron chi connectivity index (χ3n) is 4.88. The van der Waals surface area contributed by atoms with Crippen LogP contribution in [0.4, 0.5) is 0 Å². The molecule has 1 saturated heterocycles. The van der Waals surface area contributed by atoms with Crippen LogP contribution in [0.3, 0.4) is 0 Å². The third kappa shape index (κ3) is 2.45. The summed E-state index contributed by atoms with van der Waals surface area (Å²) in [5, 5.41) is 3.84. The van der Waals surface area contributed by atoms with Gasteiger partial charge in [0.1, 0.15) is 0 Å². The molecule has 1 aliphatic heterocycles. The normalized spacial score (nSPS) is 36.0. The van der Waals surface area contributed by atoms with E-state index in [1.54, 1.807) is 7.11 Å². The molecule has 0 amide bonds. The molecule has 0 aromatic heterocycles. The van der Waals surface area contributed by atoms with E-state index < -0.39 is 0 Å². The van der Waals surface area contributed by atoms with Crippen molar-refractivity contribution in [2.75, 3.05) is 20.3 Å². The quantitative estimate of drug-likeness (QED) is 0.818. The first-order valence-corrected chi connectivity index (χ1v) is 7.35. The molecule has 0 aromatic carbocycles. The molecule has 106 valence electrons. The monoisotopic (exact) mass is 255 g/mol. The predicted molar refractivity (Wildman–Crippen MR) is 73.7 cm³/mol. The van der Waals surface area contributed by atoms with Crippen molar-refractivity contribution in [1.82, 2.24) is 5.32 Å². The van der Waals surface area contributed by atoms with Gasteiger partial charge in [0.05, 0.1) is 12.7 Å². The Morgan fingerprint density at radius 1 is 1.39 bits per heavy atom. The first-order chi connectivity index (χ1) is 8.48. The molecule has 1 N–H and O–H groups in total. The Morgan fingerprint density at radius 2 is 2.11 bits per heavy atom. The van der Waals surface area contributed by atoms with Crippen molar-refractivity contribution in [3.8, 4) is 0 Å². The van der Waals surface area contributed by atoms with E-state index in [9.17, 15) is 0 Å². The van der Waals surface area contributed by atoms with Crippen LogP contribution in [0, 0.1) is 17.3 Å². The van der Waals surface area contributed by atoms with Gasteiger partial charge in [-0.15, -0.1) is 0 Å². The van der Waals surface area contributed by atoms with Crippen LogP contribution in [0.2, 0.25) is 0 Å². The number of ether oxygens (including phenoxy) is 2. The van der Waals surface area contributed by atoms with Gasteiger partial charge >= 0.3 is 0 Å². The second kappa shape index (κ2) is 5.48. The van der Waals surface area contributed by atoms with E-state index in [0.29, 0.717) is 30.0 Å². The van der Waals surface area contributed by atoms with Gasteiger partial charge in [0.25, 0.3) is 0 Å². The molecule has 1 heterocycles. The Balaban J connectivity index is 1.99. The molecule has 3 nitrogen and oxygen atoms in total. The molecule has 0 radical (unpaired) electrons. The molecule has 1 aliphatic carbocycles. The molecule has 0 aromatic rings. The average molecular weight is 255 g/mol. The summed E-state index contributed by atoms with van der Waals surface area (Å²) in [5.41, 5.74) is 0.256. The molecule has 4 unspecified atom stereocenters. The number of hydrogen-bond acceptors (Lipinski definition) is 3. The maximum Gasteiger partial charge on any atom is 0.0684 e. The molecule has 3 heteroatoms. The van der Waals surface area contributed by atoms with E-state index in [-0.39, 0.29) is 5.41 Å². The first-order valence-electron chi connectivity index (χ1n) is 7.35. The summed E-state index contributed by atoms with van der Waals surface area (Å²) in [4.78, 5) is 0. The summed E-state index contributed by atoms with van der Waals surface area (Å²) in [6.45, 7) is 10.9. The van der Waals surface area contributed by atoms with E-state index in [1.807, 2.05) is 0 Å². The smallest absolute Gasteiger partial charge is 0.0684 e. The third-order valence-corrected chi connectivity index (χ3v) is 4.88. The van der Waals surface area contributed by atoms with Gasteiger partial charge in [-0.2, -0.15) is 0 Å². The largest absolute Gasteiger partial charge is 0.383 e. The van der Waals surface area contributed by atoms with Gasteiger partial charge in [-0.25, -0.2) is 0 Å². The van der Waals surface area contributed by atoms with E-state index >= 15 is 0 Å². The van der Waals surface area contributed by atoms with E-state index in [4.69, 9.17) is 9.47 Å². The fraction of sp³-hybridized carbons (Fsp3) is 1.00. The Hall–Kier alpha value is -0.120. The van der Waals surface area contributed by atoms with Crippen molar-refractivity contribution in [2.24, 2.45) is 17.3 Å². The maximum atomic E-state index is 5.95. The van der Waals surface area contributed by atoms with Crippen molar-refractivity contribution in [3.05, 3.63) is 0 Å². The molecule has 0 spiro atoms. The number of hydrogen-bond donors (Lipinski definition) is 1. The number of fused-ring (bicyclic) bond motifs is 1. The summed E-state index contributed by atoms with van der Waals surface area (Å²) in [6, 6.07) is 1.02. The second-order valence-corrected chi connectivity index (χ2v) is 6.87. The highest BCUT2D eigenvalue weighted by Gasteiger charge is 2.58. The number of methoxy groups -OCH3 is 1. The molecule has 1 saturated carbocycles. The van der Waals surface area contributed by atoms with Gasteiger partial charge in [-0.05, 0) is 18.8 Å². The van der Waals surface area contributed by atoms with Gasteiger partial charge in [0, 0.05) is 37.1 Å². The molecular weight excluding hydrogens is 226 g/mol. The van der Waals surface area contributed by atoms with Crippen LogP contribution < -0.4 is 5.32 Å². The molecule has 2 aliphatic rings. The van der Waals surface area contributed by atoms with Gasteiger partial charge < -0.3 is 14.8 Å². The summed E-state index contributed by atoms with van der Waals surface area (Å²) >= 11 is 0. The maximum absolute atomic E-state index is 5.95. The van der Waals surface area contributed by atoms with E-state index in [1.165, 1.54) is 12.8 Å². The minimum Gasteiger partial charge on any atom is -0.383 e. The SMILES string of the molecule is COCC(NC1C2CCCOC2C1(C)C)C(C)C. The summed E-state index contributed by atoms with van der Waals surface area (Å²) < 4.78 is 11.3. The van der Waals surface area contributed by atoms with Crippen LogP contribution >= 0.6 is 0 Å². The number of nitrogens with one attached hydrogen (secondary N) is 1. The summed E-state index contributed by atoms with van der Waals surface area (Å²) in [5.74, 6) is 1.30. The topological polar surface area (TPSA) is 30.5 Å². The second-order valence-electron chi connectivity index (χ2n) is 6.87. The lowest BCUT2D eigenvalue weighted by molar-refractivity contribution is -0.196.